The number of nitrogens with one attached hydrogen (secondary N) is 1. The maximum absolute atomic E-state index is 12.9. The van der Waals surface area contributed by atoms with Crippen molar-refractivity contribution in [3.8, 4) is 0 Å². The molecule has 1 saturated carbocycles. The number of nitrogens with two attached hydrogens (primary N) is 1. The number of benzene rings is 1. The minimum absolute atomic E-state index is 0. The van der Waals surface area contributed by atoms with Crippen LogP contribution in [0, 0.1) is 5.92 Å². The van der Waals surface area contributed by atoms with Crippen LogP contribution in [0.3, 0.4) is 0 Å². The molecule has 1 heterocycles. The summed E-state index contributed by atoms with van der Waals surface area (Å²) in [5.74, 6) is 0.123. The van der Waals surface area contributed by atoms with E-state index >= 15 is 0 Å². The molecule has 0 bridgehead atoms. The first-order chi connectivity index (χ1) is 12.7. The zero-order chi connectivity index (χ0) is 18.4. The van der Waals surface area contributed by atoms with Crippen molar-refractivity contribution in [1.82, 2.24) is 10.2 Å². The first-order valence-corrected chi connectivity index (χ1v) is 9.60. The summed E-state index contributed by atoms with van der Waals surface area (Å²) in [6, 6.07) is 9.09. The summed E-state index contributed by atoms with van der Waals surface area (Å²) < 4.78 is 5.36. The average Bonchev–Trinajstić information content (AvgIpc) is 2.69. The minimum Gasteiger partial charge on any atom is -0.369 e. The number of rotatable bonds is 6. The van der Waals surface area contributed by atoms with Crippen molar-refractivity contribution in [2.45, 2.75) is 50.7 Å². The lowest BCUT2D eigenvalue weighted by Gasteiger charge is -2.37. The summed E-state index contributed by atoms with van der Waals surface area (Å²) in [6.45, 7) is 1.10. The number of carbonyl (C=O) groups excluding carboxylic acids is 2. The van der Waals surface area contributed by atoms with Gasteiger partial charge < -0.3 is 20.7 Å². The van der Waals surface area contributed by atoms with E-state index in [1.807, 2.05) is 30.3 Å². The van der Waals surface area contributed by atoms with Crippen molar-refractivity contribution >= 4 is 24.2 Å². The van der Waals surface area contributed by atoms with E-state index in [9.17, 15) is 9.59 Å². The van der Waals surface area contributed by atoms with Gasteiger partial charge in [0.2, 0.25) is 11.8 Å². The fourth-order valence-electron chi connectivity index (χ4n) is 3.98. The van der Waals surface area contributed by atoms with Crippen LogP contribution in [-0.4, -0.2) is 48.6 Å². The maximum Gasteiger partial charge on any atom is 0.249 e. The summed E-state index contributed by atoms with van der Waals surface area (Å²) in [6.07, 6.45) is 5.87. The monoisotopic (exact) mass is 395 g/mol. The Labute approximate surface area is 167 Å². The minimum atomic E-state index is -0.603. The van der Waals surface area contributed by atoms with E-state index in [-0.39, 0.29) is 43.5 Å². The Bertz CT molecular complexity index is 608. The van der Waals surface area contributed by atoms with Crippen LogP contribution < -0.4 is 11.1 Å². The number of hydrogen-bond donors (Lipinski definition) is 2. The quantitative estimate of drug-likeness (QED) is 0.769. The molecule has 6 nitrogen and oxygen atoms in total. The van der Waals surface area contributed by atoms with E-state index < -0.39 is 6.04 Å². The molecule has 2 atom stereocenters. The summed E-state index contributed by atoms with van der Waals surface area (Å²) >= 11 is 0. The van der Waals surface area contributed by atoms with E-state index in [4.69, 9.17) is 10.5 Å². The van der Waals surface area contributed by atoms with Gasteiger partial charge >= 0.3 is 0 Å². The first kappa shape index (κ1) is 21.7. The smallest absolute Gasteiger partial charge is 0.249 e. The molecule has 7 heteroatoms. The van der Waals surface area contributed by atoms with Crippen molar-refractivity contribution in [2.24, 2.45) is 11.7 Å². The Hall–Kier alpha value is -1.63. The fraction of sp³-hybridized carbons (Fsp3) is 0.600. The van der Waals surface area contributed by atoms with Crippen LogP contribution >= 0.6 is 12.4 Å². The third-order valence-corrected chi connectivity index (χ3v) is 5.50. The van der Waals surface area contributed by atoms with Crippen molar-refractivity contribution in [3.63, 3.8) is 0 Å². The van der Waals surface area contributed by atoms with Crippen molar-refractivity contribution in [3.05, 3.63) is 35.9 Å². The lowest BCUT2D eigenvalue weighted by molar-refractivity contribution is -0.156. The molecular weight excluding hydrogens is 366 g/mol. The highest BCUT2D eigenvalue weighted by atomic mass is 35.5. The molecule has 0 aromatic heterocycles. The van der Waals surface area contributed by atoms with Gasteiger partial charge in [0.25, 0.3) is 0 Å². The third kappa shape index (κ3) is 5.67. The van der Waals surface area contributed by atoms with Gasteiger partial charge in [0, 0.05) is 19.1 Å². The molecule has 1 saturated heterocycles. The SMILES string of the molecule is Cl.NCC(NC(=O)[C@H]1COCC(=O)N1Cc1ccccc1)C1CCCCC1. The topological polar surface area (TPSA) is 84.7 Å². The van der Waals surface area contributed by atoms with Gasteiger partial charge in [-0.3, -0.25) is 9.59 Å². The largest absolute Gasteiger partial charge is 0.369 e. The van der Waals surface area contributed by atoms with Gasteiger partial charge in [-0.25, -0.2) is 0 Å². The van der Waals surface area contributed by atoms with Gasteiger partial charge in [0.1, 0.15) is 12.6 Å². The summed E-state index contributed by atoms with van der Waals surface area (Å²) in [5.41, 5.74) is 6.94. The Balaban J connectivity index is 0.00000261. The van der Waals surface area contributed by atoms with Crippen LogP contribution in [-0.2, 0) is 20.9 Å². The van der Waals surface area contributed by atoms with Crippen LogP contribution in [0.5, 0.6) is 0 Å². The number of amides is 2. The second-order valence-corrected chi connectivity index (χ2v) is 7.29. The highest BCUT2D eigenvalue weighted by molar-refractivity contribution is 5.89. The summed E-state index contributed by atoms with van der Waals surface area (Å²) in [7, 11) is 0. The summed E-state index contributed by atoms with van der Waals surface area (Å²) in [4.78, 5) is 26.9. The molecule has 150 valence electrons. The lowest BCUT2D eigenvalue weighted by Crippen LogP contribution is -2.59. The predicted octanol–water partition coefficient (Wildman–Crippen LogP) is 1.86. The number of ether oxygens (including phenoxy) is 1. The van der Waals surface area contributed by atoms with Gasteiger partial charge in [0.15, 0.2) is 0 Å². The molecule has 27 heavy (non-hydrogen) atoms. The number of carbonyl (C=O) groups is 2. The lowest BCUT2D eigenvalue weighted by atomic mass is 9.84. The van der Waals surface area contributed by atoms with Crippen molar-refractivity contribution in [2.75, 3.05) is 19.8 Å². The molecule has 1 aliphatic heterocycles. The van der Waals surface area contributed by atoms with E-state index in [0.29, 0.717) is 19.0 Å². The normalized spacial score (nSPS) is 22.0. The Morgan fingerprint density at radius 2 is 1.93 bits per heavy atom. The number of hydrogen-bond acceptors (Lipinski definition) is 4. The molecular formula is C20H30ClN3O3. The first-order valence-electron chi connectivity index (χ1n) is 9.60. The second kappa shape index (κ2) is 10.6. The maximum atomic E-state index is 12.9. The zero-order valence-corrected chi connectivity index (χ0v) is 16.5. The van der Waals surface area contributed by atoms with Gasteiger partial charge in [-0.2, -0.15) is 0 Å². The van der Waals surface area contributed by atoms with Gasteiger partial charge in [-0.15, -0.1) is 12.4 Å². The molecule has 1 aliphatic carbocycles. The van der Waals surface area contributed by atoms with Gasteiger partial charge in [-0.05, 0) is 24.3 Å². The molecule has 3 N–H and O–H groups in total. The molecule has 1 unspecified atom stereocenters. The van der Waals surface area contributed by atoms with E-state index in [1.54, 1.807) is 4.90 Å². The zero-order valence-electron chi connectivity index (χ0n) is 15.6. The summed E-state index contributed by atoms with van der Waals surface area (Å²) in [5, 5.41) is 3.10. The molecule has 0 radical (unpaired) electrons. The molecule has 2 aliphatic rings. The van der Waals surface area contributed by atoms with Gasteiger partial charge in [-0.1, -0.05) is 49.6 Å². The predicted molar refractivity (Wildman–Crippen MR) is 106 cm³/mol. The fourth-order valence-corrected chi connectivity index (χ4v) is 3.98. The average molecular weight is 396 g/mol. The molecule has 0 spiro atoms. The van der Waals surface area contributed by atoms with E-state index in [1.165, 1.54) is 19.3 Å². The number of nitrogens with zero attached hydrogens (tertiary/aromatic N) is 1. The second-order valence-electron chi connectivity index (χ2n) is 7.29. The number of morpholine rings is 1. The van der Waals surface area contributed by atoms with E-state index in [0.717, 1.165) is 18.4 Å². The van der Waals surface area contributed by atoms with Crippen LogP contribution in [0.1, 0.15) is 37.7 Å². The molecule has 1 aromatic rings. The molecule has 1 aromatic carbocycles. The van der Waals surface area contributed by atoms with Crippen LogP contribution in [0.25, 0.3) is 0 Å². The Kier molecular flexibility index (Phi) is 8.54. The molecule has 2 amide bonds. The number of halogens is 1. The Morgan fingerprint density at radius 1 is 1.22 bits per heavy atom. The van der Waals surface area contributed by atoms with Crippen LogP contribution in [0.2, 0.25) is 0 Å². The Morgan fingerprint density at radius 3 is 2.59 bits per heavy atom. The van der Waals surface area contributed by atoms with Crippen molar-refractivity contribution in [1.29, 1.82) is 0 Å². The van der Waals surface area contributed by atoms with Crippen molar-refractivity contribution < 1.29 is 14.3 Å². The highest BCUT2D eigenvalue weighted by Gasteiger charge is 2.35. The molecule has 3 rings (SSSR count). The highest BCUT2D eigenvalue weighted by Crippen LogP contribution is 2.26. The van der Waals surface area contributed by atoms with Gasteiger partial charge in [0.05, 0.1) is 6.61 Å². The van der Waals surface area contributed by atoms with Crippen LogP contribution in [0.4, 0.5) is 0 Å². The van der Waals surface area contributed by atoms with E-state index in [2.05, 4.69) is 5.32 Å². The molecule has 2 fully saturated rings. The third-order valence-electron chi connectivity index (χ3n) is 5.50. The van der Waals surface area contributed by atoms with Crippen LogP contribution in [0.15, 0.2) is 30.3 Å². The standard InChI is InChI=1S/C20H29N3O3.ClH/c21-11-17(16-9-5-2-6-10-16)22-20(25)18-13-26-14-19(24)23(18)12-15-7-3-1-4-8-15;/h1,3-4,7-8,16-18H,2,5-6,9-14,21H2,(H,22,25);1H/t17?,18-;/m1./s1.